The number of nitrogens with one attached hydrogen (secondary N) is 1. The number of nitrogens with zero attached hydrogens (tertiary/aromatic N) is 1. The second-order valence-corrected chi connectivity index (χ2v) is 8.42. The maximum absolute atomic E-state index is 12.4. The van der Waals surface area contributed by atoms with Crippen molar-refractivity contribution in [3.05, 3.63) is 58.1 Å². The van der Waals surface area contributed by atoms with Gasteiger partial charge in [-0.2, -0.15) is 0 Å². The Morgan fingerprint density at radius 1 is 1.08 bits per heavy atom. The fraction of sp³-hybridized carbons (Fsp3) is 0.278. The van der Waals surface area contributed by atoms with Crippen LogP contribution in [0.5, 0.6) is 0 Å². The molecule has 0 bridgehead atoms. The van der Waals surface area contributed by atoms with Gasteiger partial charge in [0.2, 0.25) is 15.9 Å². The molecule has 0 unspecified atom stereocenters. The summed E-state index contributed by atoms with van der Waals surface area (Å²) in [7, 11) is -3.62. The molecule has 0 aliphatic heterocycles. The van der Waals surface area contributed by atoms with Crippen LogP contribution in [-0.2, 0) is 14.8 Å². The van der Waals surface area contributed by atoms with Crippen molar-refractivity contribution in [3.8, 4) is 0 Å². The molecular weight excluding hydrogens is 360 g/mol. The highest BCUT2D eigenvalue weighted by molar-refractivity contribution is 7.92. The van der Waals surface area contributed by atoms with Crippen LogP contribution < -0.4 is 9.62 Å². The van der Waals surface area contributed by atoms with Crippen molar-refractivity contribution in [2.45, 2.75) is 20.8 Å². The minimum absolute atomic E-state index is 0.299. The van der Waals surface area contributed by atoms with Gasteiger partial charge in [-0.25, -0.2) is 8.42 Å². The molecule has 2 aromatic carbocycles. The van der Waals surface area contributed by atoms with Gasteiger partial charge in [0.1, 0.15) is 6.54 Å². The van der Waals surface area contributed by atoms with Gasteiger partial charge in [0, 0.05) is 10.7 Å². The lowest BCUT2D eigenvalue weighted by Crippen LogP contribution is -2.38. The highest BCUT2D eigenvalue weighted by Crippen LogP contribution is 2.28. The molecule has 0 heterocycles. The molecule has 0 saturated carbocycles. The standard InChI is InChI=1S/C18H21ClN2O3S/c1-12-9-13(2)18(14(3)10-12)21(25(4,23)24)11-17(22)20-16-7-5-15(19)6-8-16/h5-10H,11H2,1-4H3,(H,20,22). The first-order valence-corrected chi connectivity index (χ1v) is 9.91. The van der Waals surface area contributed by atoms with E-state index in [1.54, 1.807) is 24.3 Å². The minimum Gasteiger partial charge on any atom is -0.325 e. The van der Waals surface area contributed by atoms with E-state index in [2.05, 4.69) is 5.32 Å². The van der Waals surface area contributed by atoms with Crippen LogP contribution in [0.3, 0.4) is 0 Å². The second-order valence-electron chi connectivity index (χ2n) is 6.07. The normalized spacial score (nSPS) is 11.2. The van der Waals surface area contributed by atoms with E-state index in [0.29, 0.717) is 16.4 Å². The van der Waals surface area contributed by atoms with E-state index in [0.717, 1.165) is 27.3 Å². The van der Waals surface area contributed by atoms with E-state index in [-0.39, 0.29) is 6.54 Å². The summed E-state index contributed by atoms with van der Waals surface area (Å²) in [5.41, 5.74) is 3.75. The number of sulfonamides is 1. The van der Waals surface area contributed by atoms with Crippen molar-refractivity contribution in [3.63, 3.8) is 0 Å². The smallest absolute Gasteiger partial charge is 0.245 e. The van der Waals surface area contributed by atoms with E-state index in [1.807, 2.05) is 32.9 Å². The van der Waals surface area contributed by atoms with Gasteiger partial charge >= 0.3 is 0 Å². The number of aryl methyl sites for hydroxylation is 3. The van der Waals surface area contributed by atoms with E-state index in [9.17, 15) is 13.2 Å². The summed E-state index contributed by atoms with van der Waals surface area (Å²) in [6.07, 6.45) is 1.10. The third kappa shape index (κ3) is 4.96. The molecule has 0 aliphatic rings. The number of halogens is 1. The predicted molar refractivity (Wildman–Crippen MR) is 103 cm³/mol. The molecular formula is C18H21ClN2O3S. The van der Waals surface area contributed by atoms with Gasteiger partial charge in [0.15, 0.2) is 0 Å². The van der Waals surface area contributed by atoms with Gasteiger partial charge in [-0.05, 0) is 56.2 Å². The van der Waals surface area contributed by atoms with Gasteiger partial charge in [-0.1, -0.05) is 29.3 Å². The minimum atomic E-state index is -3.62. The number of amides is 1. The number of rotatable bonds is 5. The molecule has 25 heavy (non-hydrogen) atoms. The van der Waals surface area contributed by atoms with Crippen LogP contribution in [-0.4, -0.2) is 27.1 Å². The number of benzene rings is 2. The number of hydrogen-bond acceptors (Lipinski definition) is 3. The summed E-state index contributed by atoms with van der Waals surface area (Å²) in [5.74, 6) is -0.424. The Morgan fingerprint density at radius 2 is 1.60 bits per heavy atom. The summed E-state index contributed by atoms with van der Waals surface area (Å²) in [6.45, 7) is 5.32. The quantitative estimate of drug-likeness (QED) is 0.860. The molecule has 5 nitrogen and oxygen atoms in total. The van der Waals surface area contributed by atoms with Crippen LogP contribution in [0.2, 0.25) is 5.02 Å². The number of carbonyl (C=O) groups is 1. The van der Waals surface area contributed by atoms with Crippen LogP contribution in [0.15, 0.2) is 36.4 Å². The molecule has 0 fully saturated rings. The fourth-order valence-electron chi connectivity index (χ4n) is 2.79. The number of carbonyl (C=O) groups excluding carboxylic acids is 1. The lowest BCUT2D eigenvalue weighted by Gasteiger charge is -2.26. The van der Waals surface area contributed by atoms with Gasteiger partial charge < -0.3 is 5.32 Å². The van der Waals surface area contributed by atoms with Crippen molar-refractivity contribution in [1.82, 2.24) is 0 Å². The summed E-state index contributed by atoms with van der Waals surface area (Å²) >= 11 is 5.82. The van der Waals surface area contributed by atoms with Crippen molar-refractivity contribution in [2.24, 2.45) is 0 Å². The summed E-state index contributed by atoms with van der Waals surface area (Å²) < 4.78 is 25.7. The summed E-state index contributed by atoms with van der Waals surface area (Å²) in [6, 6.07) is 10.4. The third-order valence-electron chi connectivity index (χ3n) is 3.70. The van der Waals surface area contributed by atoms with Crippen molar-refractivity contribution < 1.29 is 13.2 Å². The maximum atomic E-state index is 12.4. The Bertz CT molecular complexity index is 870. The number of hydrogen-bond donors (Lipinski definition) is 1. The topological polar surface area (TPSA) is 66.5 Å². The Kier molecular flexibility index (Phi) is 5.75. The molecule has 1 amide bonds. The van der Waals surface area contributed by atoms with E-state index >= 15 is 0 Å². The SMILES string of the molecule is Cc1cc(C)c(N(CC(=O)Nc2ccc(Cl)cc2)S(C)(=O)=O)c(C)c1. The van der Waals surface area contributed by atoms with Gasteiger partial charge in [-0.3, -0.25) is 9.10 Å². The molecule has 2 aromatic rings. The zero-order valence-electron chi connectivity index (χ0n) is 14.6. The molecule has 0 saturated heterocycles. The van der Waals surface area contributed by atoms with Crippen LogP contribution in [0, 0.1) is 20.8 Å². The molecule has 2 rings (SSSR count). The van der Waals surface area contributed by atoms with Gasteiger partial charge in [0.25, 0.3) is 0 Å². The largest absolute Gasteiger partial charge is 0.325 e. The molecule has 0 aliphatic carbocycles. The number of anilines is 2. The van der Waals surface area contributed by atoms with Crippen LogP contribution in [0.25, 0.3) is 0 Å². The Labute approximate surface area is 153 Å². The zero-order valence-corrected chi connectivity index (χ0v) is 16.2. The van der Waals surface area contributed by atoms with Gasteiger partial charge in [0.05, 0.1) is 11.9 Å². The molecule has 0 aromatic heterocycles. The predicted octanol–water partition coefficient (Wildman–Crippen LogP) is 3.67. The van der Waals surface area contributed by atoms with E-state index in [1.165, 1.54) is 0 Å². The Balaban J connectivity index is 2.31. The van der Waals surface area contributed by atoms with Crippen LogP contribution >= 0.6 is 11.6 Å². The Morgan fingerprint density at radius 3 is 2.08 bits per heavy atom. The summed E-state index contributed by atoms with van der Waals surface area (Å²) in [4.78, 5) is 12.4. The second kappa shape index (κ2) is 7.45. The van der Waals surface area contributed by atoms with Crippen molar-refractivity contribution >= 4 is 38.9 Å². The first kappa shape index (κ1) is 19.3. The molecule has 0 radical (unpaired) electrons. The van der Waals surface area contributed by atoms with Crippen molar-refractivity contribution in [2.75, 3.05) is 22.4 Å². The average molecular weight is 381 g/mol. The molecule has 0 atom stereocenters. The van der Waals surface area contributed by atoms with Crippen LogP contribution in [0.1, 0.15) is 16.7 Å². The lowest BCUT2D eigenvalue weighted by atomic mass is 10.1. The first-order chi connectivity index (χ1) is 11.6. The van der Waals surface area contributed by atoms with Gasteiger partial charge in [-0.15, -0.1) is 0 Å². The molecule has 134 valence electrons. The highest BCUT2D eigenvalue weighted by atomic mass is 35.5. The highest BCUT2D eigenvalue weighted by Gasteiger charge is 2.24. The lowest BCUT2D eigenvalue weighted by molar-refractivity contribution is -0.114. The zero-order chi connectivity index (χ0) is 18.8. The molecule has 7 heteroatoms. The average Bonchev–Trinajstić information content (AvgIpc) is 2.46. The third-order valence-corrected chi connectivity index (χ3v) is 5.06. The first-order valence-electron chi connectivity index (χ1n) is 7.69. The molecule has 0 spiro atoms. The monoisotopic (exact) mass is 380 g/mol. The summed E-state index contributed by atoms with van der Waals surface area (Å²) in [5, 5.41) is 3.25. The fourth-order valence-corrected chi connectivity index (χ4v) is 3.89. The van der Waals surface area contributed by atoms with Crippen molar-refractivity contribution in [1.29, 1.82) is 0 Å². The maximum Gasteiger partial charge on any atom is 0.245 e. The molecule has 1 N–H and O–H groups in total. The Hall–Kier alpha value is -2.05. The van der Waals surface area contributed by atoms with E-state index < -0.39 is 15.9 Å². The van der Waals surface area contributed by atoms with Crippen LogP contribution in [0.4, 0.5) is 11.4 Å². The van der Waals surface area contributed by atoms with E-state index in [4.69, 9.17) is 11.6 Å².